The van der Waals surface area contributed by atoms with Crippen LogP contribution in [0.4, 0.5) is 0 Å². The Hall–Kier alpha value is -1.93. The van der Waals surface area contributed by atoms with Gasteiger partial charge in [-0.15, -0.1) is 0 Å². The topological polar surface area (TPSA) is 90.0 Å². The molecule has 0 unspecified atom stereocenters. The summed E-state index contributed by atoms with van der Waals surface area (Å²) in [7, 11) is -3.14. The largest absolute Gasteiger partial charge is 0.414 e. The highest BCUT2D eigenvalue weighted by Gasteiger charge is 2.50. The van der Waals surface area contributed by atoms with Crippen LogP contribution in [0.2, 0.25) is 0 Å². The van der Waals surface area contributed by atoms with Crippen molar-refractivity contribution in [3.05, 3.63) is 29.8 Å². The number of methoxy groups -OCH3 is 1. The van der Waals surface area contributed by atoms with Crippen LogP contribution < -0.4 is 4.18 Å². The maximum atomic E-state index is 12.5. The molecule has 0 aromatic heterocycles. The maximum Gasteiger partial charge on any atom is 0.414 e. The average Bonchev–Trinajstić information content (AvgIpc) is 2.51. The second kappa shape index (κ2) is 6.29. The normalized spacial score (nSPS) is 25.3. The van der Waals surface area contributed by atoms with Crippen molar-refractivity contribution in [3.8, 4) is 5.75 Å². The SMILES string of the molecule is CO[C@@H]1CC[C@@](C)(C=O)C(=O)N1S(=O)(=O)Oc1ccc(C)cc1. The molecule has 23 heavy (non-hydrogen) atoms. The third-order valence-electron chi connectivity index (χ3n) is 3.86. The lowest BCUT2D eigenvalue weighted by Gasteiger charge is -2.39. The number of hydrogen-bond donors (Lipinski definition) is 0. The zero-order valence-electron chi connectivity index (χ0n) is 13.2. The van der Waals surface area contributed by atoms with Crippen LogP contribution >= 0.6 is 0 Å². The van der Waals surface area contributed by atoms with E-state index in [0.717, 1.165) is 5.56 Å². The molecule has 0 spiro atoms. The molecule has 1 fully saturated rings. The minimum Gasteiger partial charge on any atom is -0.367 e. The van der Waals surface area contributed by atoms with E-state index >= 15 is 0 Å². The van der Waals surface area contributed by atoms with Gasteiger partial charge in [-0.1, -0.05) is 17.7 Å². The average molecular weight is 341 g/mol. The molecule has 1 saturated heterocycles. The van der Waals surface area contributed by atoms with Crippen LogP contribution in [-0.4, -0.2) is 38.3 Å². The first-order valence-corrected chi connectivity index (χ1v) is 8.44. The van der Waals surface area contributed by atoms with E-state index in [1.807, 2.05) is 6.92 Å². The van der Waals surface area contributed by atoms with Crippen LogP contribution in [0.5, 0.6) is 5.75 Å². The lowest BCUT2D eigenvalue weighted by Crippen LogP contribution is -2.57. The van der Waals surface area contributed by atoms with Gasteiger partial charge >= 0.3 is 10.3 Å². The molecule has 0 N–H and O–H groups in total. The highest BCUT2D eigenvalue weighted by atomic mass is 32.2. The minimum absolute atomic E-state index is 0.0802. The van der Waals surface area contributed by atoms with E-state index in [4.69, 9.17) is 8.92 Å². The number of aldehydes is 1. The van der Waals surface area contributed by atoms with Gasteiger partial charge in [0.2, 0.25) is 0 Å². The molecule has 1 amide bonds. The molecule has 0 aliphatic carbocycles. The van der Waals surface area contributed by atoms with Crippen molar-refractivity contribution in [2.75, 3.05) is 7.11 Å². The van der Waals surface area contributed by atoms with Crippen molar-refractivity contribution >= 4 is 22.5 Å². The van der Waals surface area contributed by atoms with Gasteiger partial charge in [0, 0.05) is 7.11 Å². The van der Waals surface area contributed by atoms with E-state index in [1.165, 1.54) is 26.2 Å². The quantitative estimate of drug-likeness (QED) is 0.594. The van der Waals surface area contributed by atoms with Crippen molar-refractivity contribution < 1.29 is 26.9 Å². The second-order valence-corrected chi connectivity index (χ2v) is 7.13. The number of hydrogen-bond acceptors (Lipinski definition) is 6. The van der Waals surface area contributed by atoms with Gasteiger partial charge in [-0.2, -0.15) is 12.7 Å². The Morgan fingerprint density at radius 2 is 1.91 bits per heavy atom. The predicted molar refractivity (Wildman–Crippen MR) is 81.8 cm³/mol. The van der Waals surface area contributed by atoms with Crippen molar-refractivity contribution in [2.45, 2.75) is 32.9 Å². The molecule has 1 aromatic carbocycles. The molecule has 0 saturated carbocycles. The lowest BCUT2D eigenvalue weighted by atomic mass is 9.83. The number of nitrogens with zero attached hydrogens (tertiary/aromatic N) is 1. The Balaban J connectivity index is 2.35. The molecule has 1 heterocycles. The number of rotatable bonds is 5. The Bertz CT molecular complexity index is 699. The molecule has 0 radical (unpaired) electrons. The fourth-order valence-electron chi connectivity index (χ4n) is 2.35. The number of ether oxygens (including phenoxy) is 1. The molecule has 7 nitrogen and oxygen atoms in total. The smallest absolute Gasteiger partial charge is 0.367 e. The van der Waals surface area contributed by atoms with Gasteiger partial charge in [-0.25, -0.2) is 0 Å². The number of amides is 1. The summed E-state index contributed by atoms with van der Waals surface area (Å²) in [6.07, 6.45) is -0.0977. The predicted octanol–water partition coefficient (Wildman–Crippen LogP) is 1.42. The Morgan fingerprint density at radius 1 is 1.30 bits per heavy atom. The van der Waals surface area contributed by atoms with Gasteiger partial charge in [-0.3, -0.25) is 4.79 Å². The van der Waals surface area contributed by atoms with Gasteiger partial charge < -0.3 is 13.7 Å². The Morgan fingerprint density at radius 3 is 2.43 bits per heavy atom. The first-order chi connectivity index (χ1) is 10.7. The monoisotopic (exact) mass is 341 g/mol. The van der Waals surface area contributed by atoms with Crippen molar-refractivity contribution in [1.29, 1.82) is 0 Å². The van der Waals surface area contributed by atoms with Crippen LogP contribution in [0, 0.1) is 12.3 Å². The van der Waals surface area contributed by atoms with E-state index < -0.39 is 27.9 Å². The van der Waals surface area contributed by atoms with E-state index in [1.54, 1.807) is 12.1 Å². The summed E-state index contributed by atoms with van der Waals surface area (Å²) >= 11 is 0. The number of carbonyl (C=O) groups excluding carboxylic acids is 2. The summed E-state index contributed by atoms with van der Waals surface area (Å²) in [6.45, 7) is 3.26. The molecule has 2 atom stereocenters. The highest BCUT2D eigenvalue weighted by Crippen LogP contribution is 2.34. The first kappa shape index (κ1) is 17.4. The molecule has 1 aliphatic heterocycles. The van der Waals surface area contributed by atoms with Crippen LogP contribution in [0.25, 0.3) is 0 Å². The zero-order chi connectivity index (χ0) is 17.3. The van der Waals surface area contributed by atoms with Crippen LogP contribution in [0.3, 0.4) is 0 Å². The third-order valence-corrected chi connectivity index (χ3v) is 5.14. The fraction of sp³-hybridized carbons (Fsp3) is 0.467. The summed E-state index contributed by atoms with van der Waals surface area (Å²) in [5.74, 6) is -0.769. The number of carbonyl (C=O) groups is 2. The molecular weight excluding hydrogens is 322 g/mol. The van der Waals surface area contributed by atoms with Gasteiger partial charge in [0.25, 0.3) is 5.91 Å². The molecular formula is C15H19NO6S. The van der Waals surface area contributed by atoms with Gasteiger partial charge in [0.05, 0.1) is 0 Å². The molecule has 0 bridgehead atoms. The highest BCUT2D eigenvalue weighted by molar-refractivity contribution is 7.85. The molecule has 126 valence electrons. The standard InChI is InChI=1S/C15H19NO6S/c1-11-4-6-12(7-5-11)22-23(19,20)16-13(21-3)8-9-15(2,10-17)14(16)18/h4-7,10,13H,8-9H2,1-3H3/t13-,15+/m1/s1. The third kappa shape index (κ3) is 3.37. The fourth-order valence-corrected chi connectivity index (χ4v) is 3.68. The van der Waals surface area contributed by atoms with Crippen molar-refractivity contribution in [3.63, 3.8) is 0 Å². The Kier molecular flexibility index (Phi) is 4.76. The van der Waals surface area contributed by atoms with E-state index in [9.17, 15) is 18.0 Å². The summed E-state index contributed by atoms with van der Waals surface area (Å²) in [5.41, 5.74) is -0.467. The zero-order valence-corrected chi connectivity index (χ0v) is 14.0. The van der Waals surface area contributed by atoms with Crippen LogP contribution in [0.1, 0.15) is 25.3 Å². The lowest BCUT2D eigenvalue weighted by molar-refractivity contribution is -0.155. The summed E-state index contributed by atoms with van der Waals surface area (Å²) in [5, 5.41) is 0. The van der Waals surface area contributed by atoms with E-state index in [2.05, 4.69) is 0 Å². The molecule has 8 heteroatoms. The molecule has 1 aromatic rings. The van der Waals surface area contributed by atoms with Gasteiger partial charge in [0.15, 0.2) is 0 Å². The first-order valence-electron chi connectivity index (χ1n) is 7.07. The van der Waals surface area contributed by atoms with Gasteiger partial charge in [-0.05, 0) is 38.8 Å². The van der Waals surface area contributed by atoms with Gasteiger partial charge in [0.1, 0.15) is 23.7 Å². The number of piperidine rings is 1. The number of benzene rings is 1. The summed E-state index contributed by atoms with van der Waals surface area (Å²) in [6, 6.07) is 6.35. The van der Waals surface area contributed by atoms with Crippen molar-refractivity contribution in [1.82, 2.24) is 4.31 Å². The Labute approximate surface area is 135 Å². The molecule has 1 aliphatic rings. The number of aryl methyl sites for hydroxylation is 1. The second-order valence-electron chi connectivity index (χ2n) is 5.72. The maximum absolute atomic E-state index is 12.5. The van der Waals surface area contributed by atoms with E-state index in [0.29, 0.717) is 10.6 Å². The van der Waals surface area contributed by atoms with Crippen molar-refractivity contribution in [2.24, 2.45) is 5.41 Å². The minimum atomic E-state index is -4.44. The summed E-state index contributed by atoms with van der Waals surface area (Å²) in [4.78, 5) is 23.7. The summed E-state index contributed by atoms with van der Waals surface area (Å²) < 4.78 is 35.6. The molecule has 2 rings (SSSR count). The van der Waals surface area contributed by atoms with Crippen LogP contribution in [-0.2, 0) is 24.6 Å². The van der Waals surface area contributed by atoms with Crippen LogP contribution in [0.15, 0.2) is 24.3 Å². The van der Waals surface area contributed by atoms with E-state index in [-0.39, 0.29) is 18.6 Å².